The Hall–Kier alpha value is -4.01. The first-order valence-corrected chi connectivity index (χ1v) is 13.7. The van der Waals surface area contributed by atoms with Crippen molar-refractivity contribution < 1.29 is 42.9 Å². The van der Waals surface area contributed by atoms with Gasteiger partial charge >= 0.3 is 18.1 Å². The van der Waals surface area contributed by atoms with E-state index in [4.69, 9.17) is 18.9 Å². The van der Waals surface area contributed by atoms with E-state index >= 15 is 0 Å². The molecule has 0 unspecified atom stereocenters. The Kier molecular flexibility index (Phi) is 6.83. The van der Waals surface area contributed by atoms with Gasteiger partial charge in [-0.2, -0.15) is 0 Å². The first-order valence-electron chi connectivity index (χ1n) is 13.7. The topological polar surface area (TPSA) is 122 Å². The summed E-state index contributed by atoms with van der Waals surface area (Å²) < 4.78 is 23.2. The average molecular weight is 563 g/mol. The van der Waals surface area contributed by atoms with Crippen LogP contribution in [0.5, 0.6) is 0 Å². The van der Waals surface area contributed by atoms with Crippen LogP contribution in [0.3, 0.4) is 0 Å². The van der Waals surface area contributed by atoms with Crippen molar-refractivity contribution in [3.05, 3.63) is 65.3 Å². The fourth-order valence-electron chi connectivity index (χ4n) is 7.29. The van der Waals surface area contributed by atoms with Gasteiger partial charge in [-0.3, -0.25) is 14.4 Å². The highest BCUT2D eigenvalue weighted by atomic mass is 16.8. The minimum absolute atomic E-state index is 0.184. The molecule has 1 heterocycles. The van der Waals surface area contributed by atoms with Crippen molar-refractivity contribution in [3.63, 3.8) is 0 Å². The first-order chi connectivity index (χ1) is 19.2. The molecule has 5 rings (SSSR count). The Morgan fingerprint density at radius 1 is 1.07 bits per heavy atom. The third-order valence-corrected chi connectivity index (χ3v) is 9.47. The number of rotatable bonds is 4. The van der Waals surface area contributed by atoms with Gasteiger partial charge in [-0.25, -0.2) is 9.59 Å². The molecule has 0 amide bonds. The fourth-order valence-corrected chi connectivity index (χ4v) is 7.29. The van der Waals surface area contributed by atoms with E-state index in [1.807, 2.05) is 30.3 Å². The van der Waals surface area contributed by atoms with Crippen LogP contribution in [0.15, 0.2) is 59.7 Å². The molecule has 4 aliphatic rings. The van der Waals surface area contributed by atoms with Gasteiger partial charge in [0.05, 0.1) is 6.42 Å². The minimum Gasteiger partial charge on any atom is -0.455 e. The second-order valence-electron chi connectivity index (χ2n) is 12.1. The van der Waals surface area contributed by atoms with Gasteiger partial charge < -0.3 is 18.9 Å². The molecule has 3 aliphatic carbocycles. The predicted octanol–water partition coefficient (Wildman–Crippen LogP) is 4.69. The lowest BCUT2D eigenvalue weighted by Crippen LogP contribution is -2.67. The van der Waals surface area contributed by atoms with E-state index in [2.05, 4.69) is 6.58 Å². The summed E-state index contributed by atoms with van der Waals surface area (Å²) in [6, 6.07) is 9.27. The maximum Gasteiger partial charge on any atom is 0.509 e. The van der Waals surface area contributed by atoms with Crippen molar-refractivity contribution in [2.24, 2.45) is 16.7 Å². The van der Waals surface area contributed by atoms with Crippen LogP contribution in [-0.2, 0) is 38.1 Å². The van der Waals surface area contributed by atoms with Crippen molar-refractivity contribution in [2.75, 3.05) is 0 Å². The van der Waals surface area contributed by atoms with E-state index in [0.29, 0.717) is 16.7 Å². The van der Waals surface area contributed by atoms with Crippen LogP contribution in [0.4, 0.5) is 4.79 Å². The average Bonchev–Trinajstić information content (AvgIpc) is 3.23. The Labute approximate surface area is 238 Å². The number of benzene rings is 1. The highest BCUT2D eigenvalue weighted by Gasteiger charge is 2.73. The number of fused-ring (bicyclic) bond motifs is 3. The van der Waals surface area contributed by atoms with Gasteiger partial charge in [0.25, 0.3) is 0 Å². The number of carbonyl (C=O) groups excluding carboxylic acids is 5. The molecule has 41 heavy (non-hydrogen) atoms. The molecule has 0 aromatic heterocycles. The number of Topliss-reactive ketones (excluding diaryl/α,β-unsaturated/α-hetero) is 2. The summed E-state index contributed by atoms with van der Waals surface area (Å²) in [6.07, 6.45) is -0.965. The van der Waals surface area contributed by atoms with Crippen LogP contribution in [0.2, 0.25) is 0 Å². The van der Waals surface area contributed by atoms with E-state index < -0.39 is 64.5 Å². The molecule has 1 saturated heterocycles. The van der Waals surface area contributed by atoms with Gasteiger partial charge in [-0.05, 0) is 48.1 Å². The molecule has 2 bridgehead atoms. The molecule has 2 saturated carbocycles. The zero-order valence-electron chi connectivity index (χ0n) is 23.9. The number of hydrogen-bond acceptors (Lipinski definition) is 9. The van der Waals surface area contributed by atoms with Gasteiger partial charge in [0, 0.05) is 29.7 Å². The summed E-state index contributed by atoms with van der Waals surface area (Å²) in [5, 5.41) is 0. The molecule has 216 valence electrons. The van der Waals surface area contributed by atoms with Crippen LogP contribution >= 0.6 is 0 Å². The maximum atomic E-state index is 14.5. The van der Waals surface area contributed by atoms with Crippen LogP contribution in [-0.4, -0.2) is 53.6 Å². The molecule has 1 spiro atoms. The SMILES string of the molecule is C=C1[C@@H](OC(=O)/C=C/c2ccccc2)CC[C@@]2(C)C(=O)[C@H](OC(C)=O)C3=C(C)C(=O)C[C@]4(OC(=O)O[C@H]4[C@H]12)C3(C)C. The second kappa shape index (κ2) is 9.82. The Bertz CT molecular complexity index is 1420. The minimum atomic E-state index is -1.51. The van der Waals surface area contributed by atoms with Crippen molar-refractivity contribution in [2.45, 2.75) is 77.8 Å². The number of ketones is 2. The van der Waals surface area contributed by atoms with Crippen LogP contribution in [0.1, 0.15) is 59.4 Å². The summed E-state index contributed by atoms with van der Waals surface area (Å²) >= 11 is 0. The number of hydrogen-bond donors (Lipinski definition) is 0. The zero-order valence-corrected chi connectivity index (χ0v) is 23.9. The second-order valence-corrected chi connectivity index (χ2v) is 12.1. The van der Waals surface area contributed by atoms with Crippen LogP contribution in [0, 0.1) is 16.7 Å². The van der Waals surface area contributed by atoms with Crippen LogP contribution < -0.4 is 0 Å². The molecular weight excluding hydrogens is 528 g/mol. The molecular formula is C32H34O9. The molecule has 0 N–H and O–H groups in total. The number of ether oxygens (including phenoxy) is 4. The zero-order chi connectivity index (χ0) is 29.9. The monoisotopic (exact) mass is 562 g/mol. The molecule has 1 aliphatic heterocycles. The van der Waals surface area contributed by atoms with Crippen LogP contribution in [0.25, 0.3) is 6.08 Å². The molecule has 1 aromatic rings. The van der Waals surface area contributed by atoms with Gasteiger partial charge in [0.1, 0.15) is 6.10 Å². The molecule has 6 atom stereocenters. The van der Waals surface area contributed by atoms with Gasteiger partial charge in [-0.15, -0.1) is 0 Å². The highest BCUT2D eigenvalue weighted by Crippen LogP contribution is 2.63. The van der Waals surface area contributed by atoms with Gasteiger partial charge in [-0.1, -0.05) is 57.7 Å². The lowest BCUT2D eigenvalue weighted by Gasteiger charge is -2.57. The van der Waals surface area contributed by atoms with Crippen molar-refractivity contribution in [1.29, 1.82) is 0 Å². The third kappa shape index (κ3) is 4.33. The van der Waals surface area contributed by atoms with Gasteiger partial charge in [0.15, 0.2) is 29.4 Å². The number of allylic oxidation sites excluding steroid dienone is 1. The van der Waals surface area contributed by atoms with E-state index in [1.54, 1.807) is 33.8 Å². The van der Waals surface area contributed by atoms with E-state index in [-0.39, 0.29) is 25.0 Å². The summed E-state index contributed by atoms with van der Waals surface area (Å²) in [4.78, 5) is 65.8. The van der Waals surface area contributed by atoms with Gasteiger partial charge in [0.2, 0.25) is 0 Å². The summed E-state index contributed by atoms with van der Waals surface area (Å²) in [6.45, 7) is 12.3. The number of carbonyl (C=O) groups is 5. The standard InChI is InChI=1S/C32H34O9/c1-17-21(34)16-32-28(40-29(37)41-32)25-18(2)22(39-23(35)13-12-20-10-8-7-9-11-20)14-15-31(25,6)27(36)26(38-19(3)33)24(17)30(32,4)5/h7-13,22,25-26,28H,2,14-16H2,1,3-6H3/b13-12+/t22-,25-,26+,28-,31+,32+/m0/s1. The van der Waals surface area contributed by atoms with E-state index in [9.17, 15) is 24.0 Å². The van der Waals surface area contributed by atoms with E-state index in [1.165, 1.54) is 13.0 Å². The maximum absolute atomic E-state index is 14.5. The Morgan fingerprint density at radius 2 is 1.76 bits per heavy atom. The quantitative estimate of drug-likeness (QED) is 0.223. The van der Waals surface area contributed by atoms with E-state index in [0.717, 1.165) is 5.56 Å². The summed E-state index contributed by atoms with van der Waals surface area (Å²) in [7, 11) is 0. The molecule has 1 aromatic carbocycles. The largest absolute Gasteiger partial charge is 0.509 e. The molecule has 0 radical (unpaired) electrons. The predicted molar refractivity (Wildman–Crippen MR) is 146 cm³/mol. The lowest BCUT2D eigenvalue weighted by atomic mass is 9.48. The Balaban J connectivity index is 1.59. The lowest BCUT2D eigenvalue weighted by molar-refractivity contribution is -0.173. The molecule has 9 nitrogen and oxygen atoms in total. The number of esters is 2. The van der Waals surface area contributed by atoms with Crippen molar-refractivity contribution >= 4 is 35.7 Å². The smallest absolute Gasteiger partial charge is 0.455 e. The molecule has 3 fully saturated rings. The van der Waals surface area contributed by atoms with Crippen molar-refractivity contribution in [3.8, 4) is 0 Å². The fraction of sp³-hybridized carbons (Fsp3) is 0.469. The highest BCUT2D eigenvalue weighted by molar-refractivity contribution is 6.03. The normalized spacial score (nSPS) is 34.2. The molecule has 9 heteroatoms. The van der Waals surface area contributed by atoms with Crippen molar-refractivity contribution in [1.82, 2.24) is 0 Å². The first kappa shape index (κ1) is 28.5. The third-order valence-electron chi connectivity index (χ3n) is 9.47. The summed E-state index contributed by atoms with van der Waals surface area (Å²) in [5.41, 5.74) is -2.09. The Morgan fingerprint density at radius 3 is 2.41 bits per heavy atom. The summed E-state index contributed by atoms with van der Waals surface area (Å²) in [5.74, 6) is -2.94.